The summed E-state index contributed by atoms with van der Waals surface area (Å²) in [6, 6.07) is 14.2. The number of nitrogens with zero attached hydrogens (tertiary/aromatic N) is 3. The Morgan fingerprint density at radius 2 is 1.74 bits per heavy atom. The predicted molar refractivity (Wildman–Crippen MR) is 95.4 cm³/mol. The fraction of sp³-hybridized carbons (Fsp3) is 0.0588. The second-order valence-corrected chi connectivity index (χ2v) is 5.29. The maximum Gasteiger partial charge on any atom is 0.176 e. The average Bonchev–Trinajstić information content (AvgIpc) is 2.58. The van der Waals surface area contributed by atoms with E-state index in [-0.39, 0.29) is 0 Å². The monoisotopic (exact) mass is 321 g/mol. The molecule has 0 radical (unpaired) electrons. The molecule has 0 saturated heterocycles. The van der Waals surface area contributed by atoms with Crippen molar-refractivity contribution in [2.75, 3.05) is 10.6 Å². The third-order valence-electron chi connectivity index (χ3n) is 3.18. The summed E-state index contributed by atoms with van der Waals surface area (Å²) >= 11 is 5.32. The van der Waals surface area contributed by atoms with Gasteiger partial charge in [0, 0.05) is 12.6 Å². The Morgan fingerprint density at radius 3 is 2.52 bits per heavy atom. The van der Waals surface area contributed by atoms with Crippen LogP contribution in [0.5, 0.6) is 0 Å². The van der Waals surface area contributed by atoms with Crippen molar-refractivity contribution >= 4 is 28.8 Å². The molecule has 114 valence electrons. The number of benzene rings is 1. The normalized spacial score (nSPS) is 10.1. The fourth-order valence-corrected chi connectivity index (χ4v) is 2.36. The highest BCUT2D eigenvalue weighted by molar-refractivity contribution is 7.80. The van der Waals surface area contributed by atoms with Crippen molar-refractivity contribution in [3.63, 3.8) is 0 Å². The number of thiocarbonyl (C=S) groups is 1. The van der Waals surface area contributed by atoms with Gasteiger partial charge in [-0.05, 0) is 29.4 Å². The minimum Gasteiger partial charge on any atom is -0.330 e. The highest BCUT2D eigenvalue weighted by atomic mass is 32.1. The highest BCUT2D eigenvalue weighted by Gasteiger charge is 2.06. The Labute approximate surface area is 139 Å². The number of pyridine rings is 1. The van der Waals surface area contributed by atoms with E-state index in [1.807, 2.05) is 30.3 Å². The molecule has 23 heavy (non-hydrogen) atoms. The summed E-state index contributed by atoms with van der Waals surface area (Å²) < 4.78 is 0. The second-order valence-electron chi connectivity index (χ2n) is 4.88. The van der Waals surface area contributed by atoms with Gasteiger partial charge in [0.25, 0.3) is 0 Å². The molecule has 0 amide bonds. The third kappa shape index (κ3) is 4.31. The predicted octanol–water partition coefficient (Wildman–Crippen LogP) is 3.27. The molecule has 6 heteroatoms. The first-order valence-electron chi connectivity index (χ1n) is 7.12. The Kier molecular flexibility index (Phi) is 4.85. The number of aromatic nitrogens is 3. The van der Waals surface area contributed by atoms with E-state index in [9.17, 15) is 0 Å². The summed E-state index contributed by atoms with van der Waals surface area (Å²) in [6.45, 7) is 0. The summed E-state index contributed by atoms with van der Waals surface area (Å²) in [5.74, 6) is 0.741. The van der Waals surface area contributed by atoms with E-state index in [1.165, 1.54) is 11.9 Å². The summed E-state index contributed by atoms with van der Waals surface area (Å²) in [7, 11) is 0. The van der Waals surface area contributed by atoms with Gasteiger partial charge in [-0.1, -0.05) is 36.4 Å². The molecule has 1 aromatic carbocycles. The minimum absolute atomic E-state index is 0.452. The lowest BCUT2D eigenvalue weighted by atomic mass is 10.1. The van der Waals surface area contributed by atoms with Gasteiger partial charge in [0.15, 0.2) is 5.11 Å². The Morgan fingerprint density at radius 1 is 0.957 bits per heavy atom. The Hall–Kier alpha value is -2.86. The zero-order chi connectivity index (χ0) is 15.9. The van der Waals surface area contributed by atoms with E-state index < -0.39 is 0 Å². The van der Waals surface area contributed by atoms with Crippen LogP contribution in [0.3, 0.4) is 0 Å². The largest absolute Gasteiger partial charge is 0.330 e. The molecule has 0 unspecified atom stereocenters. The zero-order valence-electron chi connectivity index (χ0n) is 12.3. The van der Waals surface area contributed by atoms with Gasteiger partial charge in [0.1, 0.15) is 12.1 Å². The van der Waals surface area contributed by atoms with E-state index in [4.69, 9.17) is 12.2 Å². The van der Waals surface area contributed by atoms with Crippen LogP contribution in [-0.2, 0) is 6.42 Å². The molecule has 2 N–H and O–H groups in total. The lowest BCUT2D eigenvalue weighted by molar-refractivity contribution is 1.15. The van der Waals surface area contributed by atoms with Crippen LogP contribution in [0.2, 0.25) is 0 Å². The third-order valence-corrected chi connectivity index (χ3v) is 3.38. The molecule has 0 saturated carbocycles. The number of rotatable bonds is 4. The van der Waals surface area contributed by atoms with Crippen molar-refractivity contribution in [3.8, 4) is 0 Å². The summed E-state index contributed by atoms with van der Waals surface area (Å²) in [5, 5.41) is 6.62. The quantitative estimate of drug-likeness (QED) is 0.719. The van der Waals surface area contributed by atoms with Crippen LogP contribution in [0.25, 0.3) is 0 Å². The van der Waals surface area contributed by atoms with Crippen LogP contribution in [0.15, 0.2) is 67.4 Å². The molecule has 0 bridgehead atoms. The molecule has 0 aliphatic heterocycles. The van der Waals surface area contributed by atoms with Gasteiger partial charge < -0.3 is 10.6 Å². The topological polar surface area (TPSA) is 62.7 Å². The van der Waals surface area contributed by atoms with Gasteiger partial charge in [-0.2, -0.15) is 0 Å². The Bertz CT molecular complexity index is 777. The zero-order valence-corrected chi connectivity index (χ0v) is 13.1. The van der Waals surface area contributed by atoms with Crippen molar-refractivity contribution in [2.45, 2.75) is 6.42 Å². The average molecular weight is 321 g/mol. The first-order valence-corrected chi connectivity index (χ1v) is 7.53. The number of nitrogens with one attached hydrogen (secondary N) is 2. The molecule has 0 aliphatic carbocycles. The molecular formula is C17H15N5S. The highest BCUT2D eigenvalue weighted by Crippen LogP contribution is 2.17. The molecule has 3 aromatic rings. The number of hydrogen-bond donors (Lipinski definition) is 2. The smallest absolute Gasteiger partial charge is 0.176 e. The molecule has 0 spiro atoms. The lowest BCUT2D eigenvalue weighted by Gasteiger charge is -2.12. The van der Waals surface area contributed by atoms with E-state index >= 15 is 0 Å². The summed E-state index contributed by atoms with van der Waals surface area (Å²) in [6.07, 6.45) is 7.31. The number of anilines is 2. The maximum absolute atomic E-state index is 5.32. The van der Waals surface area contributed by atoms with Gasteiger partial charge in [-0.3, -0.25) is 0 Å². The minimum atomic E-state index is 0.452. The van der Waals surface area contributed by atoms with Gasteiger partial charge in [-0.25, -0.2) is 15.0 Å². The van der Waals surface area contributed by atoms with Crippen LogP contribution in [0.4, 0.5) is 11.5 Å². The van der Waals surface area contributed by atoms with E-state index in [0.29, 0.717) is 5.11 Å². The van der Waals surface area contributed by atoms with Crippen LogP contribution in [0.1, 0.15) is 11.1 Å². The van der Waals surface area contributed by atoms with Gasteiger partial charge in [-0.15, -0.1) is 0 Å². The molecule has 0 atom stereocenters. The van der Waals surface area contributed by atoms with Gasteiger partial charge >= 0.3 is 0 Å². The van der Waals surface area contributed by atoms with E-state index in [2.05, 4.69) is 37.7 Å². The standard InChI is InChI=1S/C17H15N5S/c23-17(21-15-10-18-12-19-11-15)22-16-14(7-4-8-20-16)9-13-5-2-1-3-6-13/h1-8,10-12H,9H2,(H2,20,21,22,23). The molecule has 0 fully saturated rings. The molecule has 0 aliphatic rings. The van der Waals surface area contributed by atoms with Crippen molar-refractivity contribution in [1.82, 2.24) is 15.0 Å². The maximum atomic E-state index is 5.32. The SMILES string of the molecule is S=C(Nc1cncnc1)Nc1ncccc1Cc1ccccc1. The fourth-order valence-electron chi connectivity index (χ4n) is 2.14. The lowest BCUT2D eigenvalue weighted by Crippen LogP contribution is -2.21. The van der Waals surface area contributed by atoms with Crippen molar-refractivity contribution < 1.29 is 0 Å². The Balaban J connectivity index is 1.71. The molecular weight excluding hydrogens is 306 g/mol. The van der Waals surface area contributed by atoms with Crippen LogP contribution in [0, 0.1) is 0 Å². The summed E-state index contributed by atoms with van der Waals surface area (Å²) in [4.78, 5) is 12.3. The van der Waals surface area contributed by atoms with Crippen molar-refractivity contribution in [3.05, 3.63) is 78.5 Å². The van der Waals surface area contributed by atoms with Crippen LogP contribution in [-0.4, -0.2) is 20.1 Å². The first kappa shape index (κ1) is 15.1. The van der Waals surface area contributed by atoms with Crippen molar-refractivity contribution in [1.29, 1.82) is 0 Å². The van der Waals surface area contributed by atoms with Gasteiger partial charge in [0.2, 0.25) is 0 Å². The van der Waals surface area contributed by atoms with Crippen LogP contribution < -0.4 is 10.6 Å². The van der Waals surface area contributed by atoms with Gasteiger partial charge in [0.05, 0.1) is 18.1 Å². The second kappa shape index (κ2) is 7.42. The van der Waals surface area contributed by atoms with Crippen molar-refractivity contribution in [2.24, 2.45) is 0 Å². The molecule has 5 nitrogen and oxygen atoms in total. The molecule has 2 aromatic heterocycles. The van der Waals surface area contributed by atoms with E-state index in [1.54, 1.807) is 18.6 Å². The van der Waals surface area contributed by atoms with E-state index in [0.717, 1.165) is 23.5 Å². The van der Waals surface area contributed by atoms with Crippen LogP contribution >= 0.6 is 12.2 Å². The number of hydrogen-bond acceptors (Lipinski definition) is 4. The molecule has 3 rings (SSSR count). The molecule has 2 heterocycles. The first-order chi connectivity index (χ1) is 11.3. The summed E-state index contributed by atoms with van der Waals surface area (Å²) in [5.41, 5.74) is 3.02.